The van der Waals surface area contributed by atoms with Crippen molar-refractivity contribution in [1.29, 1.82) is 5.26 Å². The van der Waals surface area contributed by atoms with Gasteiger partial charge < -0.3 is 10.2 Å². The largest absolute Gasteiger partial charge is 0.339 e. The second-order valence-electron chi connectivity index (χ2n) is 3.94. The number of anilines is 1. The predicted molar refractivity (Wildman–Crippen MR) is 72.6 cm³/mol. The Morgan fingerprint density at radius 1 is 1.32 bits per heavy atom. The van der Waals surface area contributed by atoms with Gasteiger partial charge >= 0.3 is 0 Å². The molecule has 1 N–H and O–H groups in total. The highest BCUT2D eigenvalue weighted by atomic mass is 16.2. The zero-order chi connectivity index (χ0) is 14.3. The molecule has 5 nitrogen and oxygen atoms in total. The molecule has 0 aliphatic heterocycles. The molecule has 5 heteroatoms. The molecule has 0 unspecified atom stereocenters. The van der Waals surface area contributed by atoms with Crippen molar-refractivity contribution in [2.75, 3.05) is 18.4 Å². The van der Waals surface area contributed by atoms with Gasteiger partial charge in [-0.2, -0.15) is 5.26 Å². The number of amides is 2. The van der Waals surface area contributed by atoms with Crippen molar-refractivity contribution in [3.63, 3.8) is 0 Å². The number of nitriles is 1. The van der Waals surface area contributed by atoms with E-state index in [0.29, 0.717) is 24.3 Å². The fourth-order valence-corrected chi connectivity index (χ4v) is 1.70. The van der Waals surface area contributed by atoms with Crippen LogP contribution in [-0.2, 0) is 4.79 Å². The van der Waals surface area contributed by atoms with E-state index >= 15 is 0 Å². The van der Waals surface area contributed by atoms with Crippen LogP contribution in [0.4, 0.5) is 5.69 Å². The van der Waals surface area contributed by atoms with Gasteiger partial charge in [0.25, 0.3) is 5.91 Å². The van der Waals surface area contributed by atoms with Crippen molar-refractivity contribution in [2.45, 2.75) is 20.3 Å². The zero-order valence-electron chi connectivity index (χ0n) is 11.1. The average Bonchev–Trinajstić information content (AvgIpc) is 2.40. The van der Waals surface area contributed by atoms with Gasteiger partial charge in [0.2, 0.25) is 5.91 Å². The molecule has 0 bridgehead atoms. The zero-order valence-corrected chi connectivity index (χ0v) is 11.1. The molecule has 0 fully saturated rings. The SMILES string of the molecule is CCN(CC)C(=O)c1cccc(NC(=O)CC#N)c1. The summed E-state index contributed by atoms with van der Waals surface area (Å²) in [6.07, 6.45) is -0.200. The van der Waals surface area contributed by atoms with Crippen molar-refractivity contribution in [1.82, 2.24) is 4.90 Å². The normalized spacial score (nSPS) is 9.53. The van der Waals surface area contributed by atoms with Gasteiger partial charge in [0.15, 0.2) is 0 Å². The van der Waals surface area contributed by atoms with Crippen LogP contribution in [0.25, 0.3) is 0 Å². The fourth-order valence-electron chi connectivity index (χ4n) is 1.70. The number of carbonyl (C=O) groups is 2. The van der Waals surface area contributed by atoms with Gasteiger partial charge in [-0.25, -0.2) is 0 Å². The number of hydrogen-bond acceptors (Lipinski definition) is 3. The molecular formula is C14H17N3O2. The lowest BCUT2D eigenvalue weighted by atomic mass is 10.1. The first-order chi connectivity index (χ1) is 9.12. The van der Waals surface area contributed by atoms with Crippen molar-refractivity contribution < 1.29 is 9.59 Å². The molecule has 2 amide bonds. The summed E-state index contributed by atoms with van der Waals surface area (Å²) in [5.74, 6) is -0.448. The maximum absolute atomic E-state index is 12.1. The van der Waals surface area contributed by atoms with Crippen LogP contribution < -0.4 is 5.32 Å². The van der Waals surface area contributed by atoms with E-state index in [1.54, 1.807) is 35.2 Å². The summed E-state index contributed by atoms with van der Waals surface area (Å²) in [7, 11) is 0. The van der Waals surface area contributed by atoms with Gasteiger partial charge in [0.1, 0.15) is 6.42 Å². The highest BCUT2D eigenvalue weighted by molar-refractivity contribution is 5.97. The Bertz CT molecular complexity index is 502. The maximum atomic E-state index is 12.1. The van der Waals surface area contributed by atoms with Crippen LogP contribution in [0.5, 0.6) is 0 Å². The molecule has 0 aromatic heterocycles. The maximum Gasteiger partial charge on any atom is 0.253 e. The molecule has 19 heavy (non-hydrogen) atoms. The standard InChI is InChI=1S/C14H17N3O2/c1-3-17(4-2)14(19)11-6-5-7-12(10-11)16-13(18)8-9-15/h5-7,10H,3-4,8H2,1-2H3,(H,16,18). The molecule has 0 radical (unpaired) electrons. The molecule has 0 saturated carbocycles. The van der Waals surface area contributed by atoms with E-state index in [-0.39, 0.29) is 18.2 Å². The number of hydrogen-bond donors (Lipinski definition) is 1. The van der Waals surface area contributed by atoms with E-state index in [1.807, 2.05) is 13.8 Å². The van der Waals surface area contributed by atoms with Crippen molar-refractivity contribution in [3.05, 3.63) is 29.8 Å². The Labute approximate surface area is 112 Å². The lowest BCUT2D eigenvalue weighted by Crippen LogP contribution is -2.30. The quantitative estimate of drug-likeness (QED) is 0.879. The molecule has 0 saturated heterocycles. The van der Waals surface area contributed by atoms with E-state index in [1.165, 1.54) is 0 Å². The minimum atomic E-state index is -0.380. The third kappa shape index (κ3) is 4.11. The van der Waals surface area contributed by atoms with Crippen LogP contribution in [-0.4, -0.2) is 29.8 Å². The molecule has 0 aliphatic rings. The minimum absolute atomic E-state index is 0.0682. The molecule has 1 rings (SSSR count). The van der Waals surface area contributed by atoms with Crippen LogP contribution in [0, 0.1) is 11.3 Å². The Balaban J connectivity index is 2.85. The number of carbonyl (C=O) groups excluding carboxylic acids is 2. The molecule has 1 aromatic rings. The molecule has 0 spiro atoms. The van der Waals surface area contributed by atoms with E-state index in [4.69, 9.17) is 5.26 Å². The minimum Gasteiger partial charge on any atom is -0.339 e. The van der Waals surface area contributed by atoms with Crippen molar-refractivity contribution in [2.24, 2.45) is 0 Å². The fraction of sp³-hybridized carbons (Fsp3) is 0.357. The summed E-state index contributed by atoms with van der Waals surface area (Å²) in [5.41, 5.74) is 1.05. The third-order valence-corrected chi connectivity index (χ3v) is 2.68. The predicted octanol–water partition coefficient (Wildman–Crippen LogP) is 2.02. The Hall–Kier alpha value is -2.35. The van der Waals surface area contributed by atoms with E-state index in [0.717, 1.165) is 0 Å². The van der Waals surface area contributed by atoms with E-state index in [2.05, 4.69) is 5.32 Å². The second-order valence-corrected chi connectivity index (χ2v) is 3.94. The Morgan fingerprint density at radius 2 is 2.00 bits per heavy atom. The number of rotatable bonds is 5. The summed E-state index contributed by atoms with van der Waals surface area (Å²) in [6.45, 7) is 5.11. The molecule has 0 heterocycles. The summed E-state index contributed by atoms with van der Waals surface area (Å²) < 4.78 is 0. The van der Waals surface area contributed by atoms with Crippen molar-refractivity contribution in [3.8, 4) is 6.07 Å². The number of benzene rings is 1. The Kier molecular flexibility index (Phi) is 5.55. The summed E-state index contributed by atoms with van der Waals surface area (Å²) in [4.78, 5) is 25.1. The number of nitrogens with zero attached hydrogens (tertiary/aromatic N) is 2. The molecule has 100 valence electrons. The average molecular weight is 259 g/mol. The summed E-state index contributed by atoms with van der Waals surface area (Å²) in [6, 6.07) is 8.50. The molecular weight excluding hydrogens is 242 g/mol. The van der Waals surface area contributed by atoms with Crippen LogP contribution in [0.2, 0.25) is 0 Å². The van der Waals surface area contributed by atoms with Crippen LogP contribution in [0.3, 0.4) is 0 Å². The summed E-state index contributed by atoms with van der Waals surface area (Å²) in [5, 5.41) is 11.0. The highest BCUT2D eigenvalue weighted by Gasteiger charge is 2.13. The van der Waals surface area contributed by atoms with Crippen LogP contribution in [0.1, 0.15) is 30.6 Å². The van der Waals surface area contributed by atoms with Crippen molar-refractivity contribution >= 4 is 17.5 Å². The molecule has 0 atom stereocenters. The molecule has 0 aliphatic carbocycles. The van der Waals surface area contributed by atoms with E-state index in [9.17, 15) is 9.59 Å². The lowest BCUT2D eigenvalue weighted by Gasteiger charge is -2.18. The van der Waals surface area contributed by atoms with Gasteiger partial charge in [-0.15, -0.1) is 0 Å². The third-order valence-electron chi connectivity index (χ3n) is 2.68. The van der Waals surface area contributed by atoms with Gasteiger partial charge in [0, 0.05) is 24.3 Å². The monoisotopic (exact) mass is 259 g/mol. The highest BCUT2D eigenvalue weighted by Crippen LogP contribution is 2.13. The van der Waals surface area contributed by atoms with Crippen LogP contribution in [0.15, 0.2) is 24.3 Å². The van der Waals surface area contributed by atoms with Gasteiger partial charge in [-0.3, -0.25) is 9.59 Å². The summed E-state index contributed by atoms with van der Waals surface area (Å²) >= 11 is 0. The first kappa shape index (κ1) is 14.7. The Morgan fingerprint density at radius 3 is 2.58 bits per heavy atom. The van der Waals surface area contributed by atoms with E-state index < -0.39 is 0 Å². The first-order valence-corrected chi connectivity index (χ1v) is 6.18. The number of nitrogens with one attached hydrogen (secondary N) is 1. The second kappa shape index (κ2) is 7.17. The first-order valence-electron chi connectivity index (χ1n) is 6.18. The van der Waals surface area contributed by atoms with Gasteiger partial charge in [0.05, 0.1) is 6.07 Å². The smallest absolute Gasteiger partial charge is 0.253 e. The van der Waals surface area contributed by atoms with Crippen LogP contribution >= 0.6 is 0 Å². The topological polar surface area (TPSA) is 73.2 Å². The lowest BCUT2D eigenvalue weighted by molar-refractivity contribution is -0.115. The van der Waals surface area contributed by atoms with Gasteiger partial charge in [-0.05, 0) is 32.0 Å². The molecule has 1 aromatic carbocycles. The van der Waals surface area contributed by atoms with Gasteiger partial charge in [-0.1, -0.05) is 6.07 Å².